The van der Waals surface area contributed by atoms with Gasteiger partial charge in [-0.1, -0.05) is 18.5 Å². The minimum Gasteiger partial charge on any atom is -0.390 e. The summed E-state index contributed by atoms with van der Waals surface area (Å²) in [6.45, 7) is 3.86. The summed E-state index contributed by atoms with van der Waals surface area (Å²) in [6.07, 6.45) is 1.31. The molecule has 0 aromatic carbocycles. The van der Waals surface area contributed by atoms with Crippen molar-refractivity contribution in [2.24, 2.45) is 5.92 Å². The largest absolute Gasteiger partial charge is 0.390 e. The molecule has 2 heterocycles. The molecule has 1 aliphatic rings. The van der Waals surface area contributed by atoms with E-state index in [9.17, 15) is 5.11 Å². The monoisotopic (exact) mass is 270 g/mol. The van der Waals surface area contributed by atoms with Gasteiger partial charge in [0.15, 0.2) is 0 Å². The van der Waals surface area contributed by atoms with Gasteiger partial charge in [-0.25, -0.2) is 4.98 Å². The van der Waals surface area contributed by atoms with Crippen molar-refractivity contribution in [3.63, 3.8) is 0 Å². The van der Waals surface area contributed by atoms with Gasteiger partial charge in [0.2, 0.25) is 0 Å². The number of rotatable bonds is 3. The van der Waals surface area contributed by atoms with Crippen LogP contribution in [0.2, 0.25) is 5.02 Å². The van der Waals surface area contributed by atoms with E-state index in [-0.39, 0.29) is 12.7 Å². The number of pyridine rings is 1. The van der Waals surface area contributed by atoms with E-state index < -0.39 is 0 Å². The molecule has 1 fully saturated rings. The molecule has 1 aromatic heterocycles. The molecule has 4 nitrogen and oxygen atoms in total. The second-order valence-corrected chi connectivity index (χ2v) is 5.15. The van der Waals surface area contributed by atoms with Crippen LogP contribution in [0.4, 0.5) is 5.82 Å². The number of nitrogens with zero attached hydrogens (tertiary/aromatic N) is 2. The van der Waals surface area contributed by atoms with Gasteiger partial charge in [-0.05, 0) is 24.5 Å². The summed E-state index contributed by atoms with van der Waals surface area (Å²) in [5, 5.41) is 9.70. The topological polar surface area (TPSA) is 45.6 Å². The number of aliphatic hydroxyl groups excluding tert-OH is 1. The van der Waals surface area contributed by atoms with Crippen LogP contribution in [-0.2, 0) is 11.3 Å². The van der Waals surface area contributed by atoms with E-state index >= 15 is 0 Å². The van der Waals surface area contributed by atoms with Gasteiger partial charge in [-0.3, -0.25) is 0 Å². The highest BCUT2D eigenvalue weighted by molar-refractivity contribution is 6.31. The molecule has 0 aliphatic carbocycles. The van der Waals surface area contributed by atoms with Gasteiger partial charge >= 0.3 is 0 Å². The Morgan fingerprint density at radius 3 is 3.00 bits per heavy atom. The maximum absolute atomic E-state index is 9.19. The fourth-order valence-corrected chi connectivity index (χ4v) is 2.47. The highest BCUT2D eigenvalue weighted by Crippen LogP contribution is 2.25. The number of anilines is 1. The van der Waals surface area contributed by atoms with Crippen LogP contribution in [0.3, 0.4) is 0 Å². The molecule has 0 spiro atoms. The van der Waals surface area contributed by atoms with Crippen LogP contribution >= 0.6 is 11.6 Å². The van der Waals surface area contributed by atoms with Gasteiger partial charge in [0.25, 0.3) is 0 Å². The molecule has 18 heavy (non-hydrogen) atoms. The second-order valence-electron chi connectivity index (χ2n) is 4.74. The van der Waals surface area contributed by atoms with Crippen molar-refractivity contribution in [3.8, 4) is 0 Å². The molecule has 0 saturated carbocycles. The Balaban J connectivity index is 2.16. The fourth-order valence-electron chi connectivity index (χ4n) is 2.31. The minimum atomic E-state index is -0.134. The van der Waals surface area contributed by atoms with E-state index in [0.717, 1.165) is 25.3 Å². The summed E-state index contributed by atoms with van der Waals surface area (Å²) in [7, 11) is 1.75. The zero-order chi connectivity index (χ0) is 13.1. The second kappa shape index (κ2) is 5.87. The van der Waals surface area contributed by atoms with E-state index in [1.165, 1.54) is 0 Å². The Hall–Kier alpha value is -0.840. The van der Waals surface area contributed by atoms with Gasteiger partial charge in [0, 0.05) is 20.2 Å². The van der Waals surface area contributed by atoms with E-state index in [1.54, 1.807) is 13.2 Å². The summed E-state index contributed by atoms with van der Waals surface area (Å²) < 4.78 is 5.49. The van der Waals surface area contributed by atoms with Crippen LogP contribution in [-0.4, -0.2) is 36.4 Å². The predicted molar refractivity (Wildman–Crippen MR) is 72.0 cm³/mol. The number of aliphatic hydroxyl groups is 1. The van der Waals surface area contributed by atoms with Gasteiger partial charge < -0.3 is 14.7 Å². The molecule has 5 heteroatoms. The average Bonchev–Trinajstić information content (AvgIpc) is 2.40. The first kappa shape index (κ1) is 13.6. The third kappa shape index (κ3) is 2.76. The van der Waals surface area contributed by atoms with E-state index in [0.29, 0.717) is 16.6 Å². The van der Waals surface area contributed by atoms with Crippen LogP contribution in [0.15, 0.2) is 12.1 Å². The van der Waals surface area contributed by atoms with E-state index in [2.05, 4.69) is 16.8 Å². The fraction of sp³-hybridized carbons (Fsp3) is 0.615. The Morgan fingerprint density at radius 2 is 2.33 bits per heavy atom. The highest BCUT2D eigenvalue weighted by Gasteiger charge is 2.26. The van der Waals surface area contributed by atoms with E-state index in [1.807, 2.05) is 6.07 Å². The smallest absolute Gasteiger partial charge is 0.129 e. The lowest BCUT2D eigenvalue weighted by molar-refractivity contribution is 0.0496. The van der Waals surface area contributed by atoms with Crippen molar-refractivity contribution in [2.75, 3.05) is 25.1 Å². The number of halogens is 1. The van der Waals surface area contributed by atoms with Gasteiger partial charge in [0.05, 0.1) is 23.4 Å². The summed E-state index contributed by atoms with van der Waals surface area (Å²) >= 11 is 5.95. The lowest BCUT2D eigenvalue weighted by Crippen LogP contribution is -2.44. The van der Waals surface area contributed by atoms with Crippen LogP contribution < -0.4 is 4.90 Å². The maximum atomic E-state index is 9.19. The highest BCUT2D eigenvalue weighted by atomic mass is 35.5. The zero-order valence-electron chi connectivity index (χ0n) is 10.8. The Labute approximate surface area is 113 Å². The molecule has 2 rings (SSSR count). The first-order chi connectivity index (χ1) is 8.65. The normalized spacial score (nSPS) is 24.3. The molecule has 2 atom stereocenters. The van der Waals surface area contributed by atoms with Crippen molar-refractivity contribution in [1.82, 2.24) is 4.98 Å². The maximum Gasteiger partial charge on any atom is 0.129 e. The number of aromatic nitrogens is 1. The van der Waals surface area contributed by atoms with Crippen LogP contribution in [0.5, 0.6) is 0 Å². The molecule has 0 bridgehead atoms. The predicted octanol–water partition coefficient (Wildman–Crippen LogP) is 2.09. The molecule has 2 unspecified atom stereocenters. The van der Waals surface area contributed by atoms with Gasteiger partial charge in [-0.15, -0.1) is 0 Å². The Bertz CT molecular complexity index is 414. The van der Waals surface area contributed by atoms with Crippen molar-refractivity contribution in [3.05, 3.63) is 22.8 Å². The SMILES string of the molecule is COC1CN(c2ccc(Cl)c(CO)n2)CCC1C. The quantitative estimate of drug-likeness (QED) is 0.914. The Kier molecular flexibility index (Phi) is 4.43. The van der Waals surface area contributed by atoms with Crippen LogP contribution in [0.1, 0.15) is 19.0 Å². The lowest BCUT2D eigenvalue weighted by Gasteiger charge is -2.37. The molecule has 1 aromatic rings. The summed E-state index contributed by atoms with van der Waals surface area (Å²) in [6, 6.07) is 3.68. The standard InChI is InChI=1S/C13H19ClN2O2/c1-9-5-6-16(7-12(9)18-2)13-4-3-10(14)11(8-17)15-13/h3-4,9,12,17H,5-8H2,1-2H3. The summed E-state index contributed by atoms with van der Waals surface area (Å²) in [4.78, 5) is 6.58. The molecule has 100 valence electrons. The molecular weight excluding hydrogens is 252 g/mol. The molecule has 1 N–H and O–H groups in total. The average molecular weight is 271 g/mol. The first-order valence-corrected chi connectivity index (χ1v) is 6.57. The summed E-state index contributed by atoms with van der Waals surface area (Å²) in [5.41, 5.74) is 0.529. The zero-order valence-corrected chi connectivity index (χ0v) is 11.5. The number of ether oxygens (including phenoxy) is 1. The third-order valence-corrected chi connectivity index (χ3v) is 3.91. The Morgan fingerprint density at radius 1 is 1.56 bits per heavy atom. The number of hydrogen-bond donors (Lipinski definition) is 1. The van der Waals surface area contributed by atoms with E-state index in [4.69, 9.17) is 16.3 Å². The number of hydrogen-bond acceptors (Lipinski definition) is 4. The van der Waals surface area contributed by atoms with Crippen molar-refractivity contribution in [1.29, 1.82) is 0 Å². The molecule has 0 amide bonds. The van der Waals surface area contributed by atoms with Crippen molar-refractivity contribution in [2.45, 2.75) is 26.1 Å². The molecule has 1 aliphatic heterocycles. The number of methoxy groups -OCH3 is 1. The third-order valence-electron chi connectivity index (χ3n) is 3.57. The van der Waals surface area contributed by atoms with Crippen LogP contribution in [0.25, 0.3) is 0 Å². The molecule has 0 radical (unpaired) electrons. The van der Waals surface area contributed by atoms with Crippen molar-refractivity contribution >= 4 is 17.4 Å². The molecule has 1 saturated heterocycles. The van der Waals surface area contributed by atoms with Gasteiger partial charge in [-0.2, -0.15) is 0 Å². The molecular formula is C13H19ClN2O2. The lowest BCUT2D eigenvalue weighted by atomic mass is 9.96. The minimum absolute atomic E-state index is 0.134. The summed E-state index contributed by atoms with van der Waals surface area (Å²) in [5.74, 6) is 1.42. The van der Waals surface area contributed by atoms with Crippen molar-refractivity contribution < 1.29 is 9.84 Å². The van der Waals surface area contributed by atoms with Crippen LogP contribution in [0, 0.1) is 5.92 Å². The van der Waals surface area contributed by atoms with Gasteiger partial charge in [0.1, 0.15) is 5.82 Å². The first-order valence-electron chi connectivity index (χ1n) is 6.19. The number of piperidine rings is 1.